The number of rotatable bonds is 16. The van der Waals surface area contributed by atoms with Crippen LogP contribution in [0.2, 0.25) is 0 Å². The average Bonchev–Trinajstić information content (AvgIpc) is 2.75. The normalized spacial score (nSPS) is 12.3. The molecule has 0 heterocycles. The Labute approximate surface area is 227 Å². The maximum atomic E-state index is 12.4. The molecule has 0 aromatic heterocycles. The minimum Gasteiger partial charge on any atom is -0.339 e. The van der Waals surface area contributed by atoms with E-state index < -0.39 is 9.96 Å². The number of hydrogen-bond acceptors (Lipinski definition) is 2. The summed E-state index contributed by atoms with van der Waals surface area (Å²) in [7, 11) is 0. The summed E-state index contributed by atoms with van der Waals surface area (Å²) in [5.41, 5.74) is 3.06. The highest BCUT2D eigenvalue weighted by molar-refractivity contribution is 7.80. The molecule has 0 aliphatic heterocycles. The number of carbonyl (C=O) groups is 1. The van der Waals surface area contributed by atoms with Crippen molar-refractivity contribution < 1.29 is 4.79 Å². The number of unbranched alkanes of at least 4 members (excludes halogenated alkanes) is 11. The number of anilines is 1. The molecule has 0 aliphatic carbocycles. The van der Waals surface area contributed by atoms with Crippen LogP contribution in [0.25, 0.3) is 0 Å². The van der Waals surface area contributed by atoms with Gasteiger partial charge in [0.15, 0.2) is 5.11 Å². The van der Waals surface area contributed by atoms with Crippen molar-refractivity contribution in [1.29, 1.82) is 0 Å². The molecule has 0 saturated heterocycles. The van der Waals surface area contributed by atoms with E-state index in [0.717, 1.165) is 36.1 Å². The van der Waals surface area contributed by atoms with Gasteiger partial charge in [-0.3, -0.25) is 4.79 Å². The zero-order chi connectivity index (χ0) is 25.4. The molecule has 1 aromatic carbocycles. The number of amides is 1. The monoisotopic (exact) mass is 549 g/mol. The molecule has 1 aromatic rings. The van der Waals surface area contributed by atoms with E-state index in [-0.39, 0.29) is 11.0 Å². The maximum absolute atomic E-state index is 12.4. The van der Waals surface area contributed by atoms with Crippen LogP contribution in [0.3, 0.4) is 0 Å². The van der Waals surface area contributed by atoms with Gasteiger partial charge in [0.2, 0.25) is 9.70 Å². The van der Waals surface area contributed by atoms with E-state index in [2.05, 4.69) is 22.9 Å². The Morgan fingerprint density at radius 2 is 1.41 bits per heavy atom. The van der Waals surface area contributed by atoms with Crippen LogP contribution in [0.1, 0.15) is 102 Å². The summed E-state index contributed by atoms with van der Waals surface area (Å²) in [6.07, 6.45) is 14.4. The molecular weight excluding hydrogens is 509 g/mol. The van der Waals surface area contributed by atoms with Gasteiger partial charge in [0.05, 0.1) is 0 Å². The lowest BCUT2D eigenvalue weighted by atomic mass is 10.0. The van der Waals surface area contributed by atoms with E-state index in [1.807, 2.05) is 32.0 Å². The molecule has 0 radical (unpaired) electrons. The van der Waals surface area contributed by atoms with Crippen molar-refractivity contribution in [3.05, 3.63) is 29.3 Å². The van der Waals surface area contributed by atoms with Gasteiger partial charge in [0.1, 0.15) is 6.17 Å². The van der Waals surface area contributed by atoms with E-state index >= 15 is 0 Å². The van der Waals surface area contributed by atoms with Crippen molar-refractivity contribution in [2.45, 2.75) is 114 Å². The Morgan fingerprint density at radius 1 is 0.882 bits per heavy atom. The molecule has 1 unspecified atom stereocenters. The number of alkyl halides is 3. The van der Waals surface area contributed by atoms with Crippen molar-refractivity contribution in [2.75, 3.05) is 5.32 Å². The predicted octanol–water partition coefficient (Wildman–Crippen LogP) is 8.49. The van der Waals surface area contributed by atoms with Crippen LogP contribution in [0.5, 0.6) is 0 Å². The first-order chi connectivity index (χ1) is 16.1. The summed E-state index contributed by atoms with van der Waals surface area (Å²) >= 11 is 23.6. The minimum atomic E-state index is -1.75. The topological polar surface area (TPSA) is 53.2 Å². The summed E-state index contributed by atoms with van der Waals surface area (Å²) < 4.78 is -1.75. The number of halogens is 3. The lowest BCUT2D eigenvalue weighted by Gasteiger charge is -2.28. The van der Waals surface area contributed by atoms with E-state index in [1.54, 1.807) is 0 Å². The molecule has 0 spiro atoms. The zero-order valence-electron chi connectivity index (χ0n) is 21.0. The van der Waals surface area contributed by atoms with Crippen LogP contribution in [0.4, 0.5) is 5.69 Å². The SMILES string of the molecule is CCCCCCCCCCCCCCC(=O)NC(NC(=S)Nc1ccc(C)cc1C)C(Cl)(Cl)Cl. The first-order valence-electron chi connectivity index (χ1n) is 12.6. The van der Waals surface area contributed by atoms with Gasteiger partial charge in [-0.1, -0.05) is 130 Å². The van der Waals surface area contributed by atoms with Gasteiger partial charge >= 0.3 is 0 Å². The molecule has 4 nitrogen and oxygen atoms in total. The number of carbonyl (C=O) groups excluding carboxylic acids is 1. The standard InChI is InChI=1S/C26H42Cl3N3OS/c1-4-5-6-7-8-9-10-11-12-13-14-15-16-23(33)31-24(26(27,28)29)32-25(34)30-22-18-17-20(2)19-21(22)3/h17-19,24H,4-16H2,1-3H3,(H,31,33)(H2,30,32,34). The first kappa shape index (κ1) is 31.3. The summed E-state index contributed by atoms with van der Waals surface area (Å²) in [6, 6.07) is 5.98. The van der Waals surface area contributed by atoms with Crippen LogP contribution in [-0.4, -0.2) is 21.0 Å². The summed E-state index contributed by atoms with van der Waals surface area (Å²) in [5.74, 6) is -0.162. The van der Waals surface area contributed by atoms with Crippen molar-refractivity contribution in [2.24, 2.45) is 0 Å². The fourth-order valence-electron chi connectivity index (χ4n) is 3.80. The number of thiocarbonyl (C=S) groups is 1. The predicted molar refractivity (Wildman–Crippen MR) is 153 cm³/mol. The van der Waals surface area contributed by atoms with E-state index in [1.165, 1.54) is 57.8 Å². The average molecular weight is 551 g/mol. The second kappa shape index (κ2) is 17.6. The van der Waals surface area contributed by atoms with Gasteiger partial charge < -0.3 is 16.0 Å². The van der Waals surface area contributed by atoms with Crippen molar-refractivity contribution in [3.8, 4) is 0 Å². The summed E-state index contributed by atoms with van der Waals surface area (Å²) in [6.45, 7) is 6.26. The highest BCUT2D eigenvalue weighted by Crippen LogP contribution is 2.29. The molecule has 1 amide bonds. The third-order valence-corrected chi connectivity index (χ3v) is 6.67. The molecule has 0 bridgehead atoms. The van der Waals surface area contributed by atoms with Crippen LogP contribution in [0, 0.1) is 13.8 Å². The van der Waals surface area contributed by atoms with Gasteiger partial charge in [0, 0.05) is 12.1 Å². The Bertz CT molecular complexity index is 740. The van der Waals surface area contributed by atoms with Gasteiger partial charge in [-0.15, -0.1) is 0 Å². The third kappa shape index (κ3) is 14.6. The Morgan fingerprint density at radius 3 is 1.91 bits per heavy atom. The molecule has 1 rings (SSSR count). The second-order valence-electron chi connectivity index (χ2n) is 9.10. The zero-order valence-corrected chi connectivity index (χ0v) is 24.0. The second-order valence-corrected chi connectivity index (χ2v) is 11.9. The molecule has 3 N–H and O–H groups in total. The molecule has 1 atom stereocenters. The minimum absolute atomic E-state index is 0.162. The first-order valence-corrected chi connectivity index (χ1v) is 14.2. The van der Waals surface area contributed by atoms with E-state index in [9.17, 15) is 4.79 Å². The molecule has 194 valence electrons. The molecule has 0 saturated carbocycles. The third-order valence-electron chi connectivity index (χ3n) is 5.80. The molecule has 0 fully saturated rings. The van der Waals surface area contributed by atoms with Crippen LogP contribution < -0.4 is 16.0 Å². The molecular formula is C26H42Cl3N3OS. The largest absolute Gasteiger partial charge is 0.339 e. The highest BCUT2D eigenvalue weighted by Gasteiger charge is 2.34. The van der Waals surface area contributed by atoms with Crippen molar-refractivity contribution in [1.82, 2.24) is 10.6 Å². The number of aryl methyl sites for hydroxylation is 2. The van der Waals surface area contributed by atoms with Crippen LogP contribution in [0.15, 0.2) is 18.2 Å². The van der Waals surface area contributed by atoms with E-state index in [0.29, 0.717) is 6.42 Å². The van der Waals surface area contributed by atoms with Crippen molar-refractivity contribution in [3.63, 3.8) is 0 Å². The van der Waals surface area contributed by atoms with E-state index in [4.69, 9.17) is 47.0 Å². The van der Waals surface area contributed by atoms with Crippen LogP contribution in [-0.2, 0) is 4.79 Å². The van der Waals surface area contributed by atoms with Crippen LogP contribution >= 0.6 is 47.0 Å². The number of benzene rings is 1. The quantitative estimate of drug-likeness (QED) is 0.0836. The fraction of sp³-hybridized carbons (Fsp3) is 0.692. The number of nitrogens with one attached hydrogen (secondary N) is 3. The summed E-state index contributed by atoms with van der Waals surface area (Å²) in [4.78, 5) is 12.4. The van der Waals surface area contributed by atoms with Gasteiger partial charge in [-0.05, 0) is 44.1 Å². The Hall–Kier alpha value is -0.750. The van der Waals surface area contributed by atoms with Crippen molar-refractivity contribution >= 4 is 63.7 Å². The summed E-state index contributed by atoms with van der Waals surface area (Å²) in [5, 5.41) is 9.05. The molecule has 0 aliphatic rings. The lowest BCUT2D eigenvalue weighted by Crippen LogP contribution is -2.56. The Balaban J connectivity index is 2.26. The lowest BCUT2D eigenvalue weighted by molar-refractivity contribution is -0.122. The fourth-order valence-corrected chi connectivity index (χ4v) is 4.36. The maximum Gasteiger partial charge on any atom is 0.228 e. The molecule has 34 heavy (non-hydrogen) atoms. The van der Waals surface area contributed by atoms with Gasteiger partial charge in [0.25, 0.3) is 0 Å². The van der Waals surface area contributed by atoms with Gasteiger partial charge in [-0.2, -0.15) is 0 Å². The molecule has 8 heteroatoms. The number of hydrogen-bond donors (Lipinski definition) is 3. The smallest absolute Gasteiger partial charge is 0.228 e. The highest BCUT2D eigenvalue weighted by atomic mass is 35.6. The van der Waals surface area contributed by atoms with Gasteiger partial charge in [-0.25, -0.2) is 0 Å². The Kier molecular flexibility index (Phi) is 16.2.